The topological polar surface area (TPSA) is 150 Å². The zero-order valence-electron chi connectivity index (χ0n) is 16.8. The molecule has 0 aliphatic carbocycles. The smallest absolute Gasteiger partial charge is 0.343 e. The molecule has 0 radical (unpaired) electrons. The minimum absolute atomic E-state index is 0.0110. The lowest BCUT2D eigenvalue weighted by Crippen LogP contribution is -2.18. The average Bonchev–Trinajstić information content (AvgIpc) is 3.28. The highest BCUT2D eigenvalue weighted by Gasteiger charge is 2.24. The molecule has 0 atom stereocenters. The van der Waals surface area contributed by atoms with Crippen LogP contribution in [0.5, 0.6) is 23.0 Å². The molecule has 3 aromatic carbocycles. The Labute approximate surface area is 186 Å². The first kappa shape index (κ1) is 21.3. The van der Waals surface area contributed by atoms with Gasteiger partial charge in [0.15, 0.2) is 11.5 Å². The molecule has 0 spiro atoms. The van der Waals surface area contributed by atoms with E-state index in [0.29, 0.717) is 11.5 Å². The maximum absolute atomic E-state index is 12.7. The van der Waals surface area contributed by atoms with Crippen LogP contribution in [0.2, 0.25) is 0 Å². The fourth-order valence-electron chi connectivity index (χ4n) is 2.96. The highest BCUT2D eigenvalue weighted by molar-refractivity contribution is 5.98. The molecule has 166 valence electrons. The van der Waals surface area contributed by atoms with Gasteiger partial charge in [0.1, 0.15) is 5.75 Å². The van der Waals surface area contributed by atoms with Crippen molar-refractivity contribution in [2.24, 2.45) is 5.10 Å². The summed E-state index contributed by atoms with van der Waals surface area (Å²) < 4.78 is 15.7. The van der Waals surface area contributed by atoms with E-state index < -0.39 is 22.5 Å². The van der Waals surface area contributed by atoms with Crippen molar-refractivity contribution < 1.29 is 33.8 Å². The SMILES string of the molecule is O=C(Oc1c(C=NNC(=O)c2ccccc2O)cccc1[N+](=O)[O-])c1ccc2c(c1)OCO2. The van der Waals surface area contributed by atoms with Gasteiger partial charge in [0.25, 0.3) is 5.91 Å². The van der Waals surface area contributed by atoms with Gasteiger partial charge in [-0.05, 0) is 36.4 Å². The van der Waals surface area contributed by atoms with Gasteiger partial charge in [-0.25, -0.2) is 10.2 Å². The van der Waals surface area contributed by atoms with Crippen LogP contribution in [0, 0.1) is 10.1 Å². The standard InChI is InChI=1S/C22H15N3O8/c26-17-7-2-1-5-15(17)21(27)24-23-11-14-4-3-6-16(25(29)30)20(14)33-22(28)13-8-9-18-19(10-13)32-12-31-18/h1-11,26H,12H2,(H,24,27). The normalized spacial score (nSPS) is 11.9. The van der Waals surface area contributed by atoms with Gasteiger partial charge >= 0.3 is 11.7 Å². The highest BCUT2D eigenvalue weighted by Crippen LogP contribution is 2.34. The molecule has 0 aromatic heterocycles. The Bertz CT molecular complexity index is 1290. The van der Waals surface area contributed by atoms with Gasteiger partial charge in [0.2, 0.25) is 12.5 Å². The van der Waals surface area contributed by atoms with E-state index in [-0.39, 0.29) is 35.0 Å². The number of carbonyl (C=O) groups is 2. The van der Waals surface area contributed by atoms with Crippen molar-refractivity contribution in [3.8, 4) is 23.0 Å². The third-order valence-electron chi connectivity index (χ3n) is 4.54. The van der Waals surface area contributed by atoms with E-state index in [1.807, 2.05) is 0 Å². The van der Waals surface area contributed by atoms with Gasteiger partial charge in [0.05, 0.1) is 22.3 Å². The largest absolute Gasteiger partial charge is 0.507 e. The summed E-state index contributed by atoms with van der Waals surface area (Å²) in [4.78, 5) is 35.6. The number of benzene rings is 3. The minimum Gasteiger partial charge on any atom is -0.507 e. The fraction of sp³-hybridized carbons (Fsp3) is 0.0455. The third kappa shape index (κ3) is 4.56. The van der Waals surface area contributed by atoms with Gasteiger partial charge < -0.3 is 19.3 Å². The number of hydrazone groups is 1. The minimum atomic E-state index is -0.865. The molecule has 0 bridgehead atoms. The second-order valence-electron chi connectivity index (χ2n) is 6.63. The molecule has 0 saturated heterocycles. The van der Waals surface area contributed by atoms with Gasteiger partial charge in [-0.1, -0.05) is 18.2 Å². The zero-order chi connectivity index (χ0) is 23.4. The maximum atomic E-state index is 12.7. The summed E-state index contributed by atoms with van der Waals surface area (Å²) in [6, 6.07) is 14.2. The van der Waals surface area contributed by atoms with Crippen molar-refractivity contribution in [2.75, 3.05) is 6.79 Å². The Morgan fingerprint density at radius 3 is 2.67 bits per heavy atom. The van der Waals surface area contributed by atoms with E-state index in [2.05, 4.69) is 10.5 Å². The number of esters is 1. The second-order valence-corrected chi connectivity index (χ2v) is 6.63. The van der Waals surface area contributed by atoms with Crippen LogP contribution in [0.15, 0.2) is 65.8 Å². The first-order chi connectivity index (χ1) is 15.9. The zero-order valence-corrected chi connectivity index (χ0v) is 16.8. The number of carbonyl (C=O) groups excluding carboxylic acids is 2. The predicted molar refractivity (Wildman–Crippen MR) is 114 cm³/mol. The molecule has 33 heavy (non-hydrogen) atoms. The number of nitro benzene ring substituents is 1. The number of aromatic hydroxyl groups is 1. The van der Waals surface area contributed by atoms with Crippen LogP contribution in [0.25, 0.3) is 0 Å². The number of phenolic OH excluding ortho intramolecular Hbond substituents is 1. The summed E-state index contributed by atoms with van der Waals surface area (Å²) in [6.07, 6.45) is 1.09. The lowest BCUT2D eigenvalue weighted by molar-refractivity contribution is -0.385. The van der Waals surface area contributed by atoms with Crippen LogP contribution in [0.3, 0.4) is 0 Å². The number of ether oxygens (including phenoxy) is 3. The molecule has 1 heterocycles. The average molecular weight is 449 g/mol. The van der Waals surface area contributed by atoms with Crippen molar-refractivity contribution in [3.63, 3.8) is 0 Å². The maximum Gasteiger partial charge on any atom is 0.343 e. The van der Waals surface area contributed by atoms with Crippen molar-refractivity contribution in [3.05, 3.63) is 87.5 Å². The number of hydrogen-bond acceptors (Lipinski definition) is 9. The highest BCUT2D eigenvalue weighted by atomic mass is 16.7. The van der Waals surface area contributed by atoms with Gasteiger partial charge in [-0.2, -0.15) is 5.10 Å². The van der Waals surface area contributed by atoms with Crippen molar-refractivity contribution in [1.82, 2.24) is 5.43 Å². The van der Waals surface area contributed by atoms with Crippen molar-refractivity contribution >= 4 is 23.8 Å². The predicted octanol–water partition coefficient (Wildman–Crippen LogP) is 3.01. The summed E-state index contributed by atoms with van der Waals surface area (Å²) in [5, 5.41) is 25.0. The molecule has 4 rings (SSSR count). The van der Waals surface area contributed by atoms with Crippen LogP contribution >= 0.6 is 0 Å². The second kappa shape index (κ2) is 9.06. The van der Waals surface area contributed by atoms with Crippen LogP contribution in [-0.4, -0.2) is 34.9 Å². The van der Waals surface area contributed by atoms with Crippen molar-refractivity contribution in [2.45, 2.75) is 0 Å². The van der Waals surface area contributed by atoms with Gasteiger partial charge in [-0.15, -0.1) is 0 Å². The lowest BCUT2D eigenvalue weighted by atomic mass is 10.1. The van der Waals surface area contributed by atoms with Crippen molar-refractivity contribution in [1.29, 1.82) is 0 Å². The molecule has 11 heteroatoms. The van der Waals surface area contributed by atoms with E-state index in [0.717, 1.165) is 6.21 Å². The Morgan fingerprint density at radius 2 is 1.88 bits per heavy atom. The van der Waals surface area contributed by atoms with E-state index in [9.17, 15) is 24.8 Å². The summed E-state index contributed by atoms with van der Waals surface area (Å²) in [5.74, 6) is -1.35. The van der Waals surface area contributed by atoms with Crippen LogP contribution in [0.4, 0.5) is 5.69 Å². The van der Waals surface area contributed by atoms with E-state index in [1.165, 1.54) is 48.5 Å². The number of fused-ring (bicyclic) bond motifs is 1. The number of rotatable bonds is 6. The van der Waals surface area contributed by atoms with E-state index in [4.69, 9.17) is 14.2 Å². The Kier molecular flexibility index (Phi) is 5.85. The summed E-state index contributed by atoms with van der Waals surface area (Å²) >= 11 is 0. The molecule has 0 fully saturated rings. The third-order valence-corrected chi connectivity index (χ3v) is 4.54. The Hall–Kier alpha value is -4.93. The molecule has 1 aliphatic rings. The number of para-hydroxylation sites is 2. The monoisotopic (exact) mass is 449 g/mol. The van der Waals surface area contributed by atoms with E-state index in [1.54, 1.807) is 12.1 Å². The van der Waals surface area contributed by atoms with Gasteiger partial charge in [-0.3, -0.25) is 14.9 Å². The number of nitrogens with one attached hydrogen (secondary N) is 1. The molecular weight excluding hydrogens is 434 g/mol. The quantitative estimate of drug-likeness (QED) is 0.192. The Balaban J connectivity index is 1.58. The molecule has 0 unspecified atom stereocenters. The molecular formula is C22H15N3O8. The molecule has 3 aromatic rings. The summed E-state index contributed by atoms with van der Waals surface area (Å²) in [7, 11) is 0. The number of amides is 1. The van der Waals surface area contributed by atoms with Gasteiger partial charge in [0, 0.05) is 11.6 Å². The number of nitrogens with zero attached hydrogens (tertiary/aromatic N) is 2. The van der Waals surface area contributed by atoms with Crippen LogP contribution in [-0.2, 0) is 0 Å². The Morgan fingerprint density at radius 1 is 1.09 bits per heavy atom. The van der Waals surface area contributed by atoms with E-state index >= 15 is 0 Å². The summed E-state index contributed by atoms with van der Waals surface area (Å²) in [5.41, 5.74) is 1.88. The molecule has 0 saturated carbocycles. The van der Waals surface area contributed by atoms with Crippen LogP contribution in [0.1, 0.15) is 26.3 Å². The first-order valence-electron chi connectivity index (χ1n) is 9.44. The number of phenols is 1. The molecule has 11 nitrogen and oxygen atoms in total. The molecule has 1 aliphatic heterocycles. The fourth-order valence-corrected chi connectivity index (χ4v) is 2.96. The number of nitro groups is 1. The molecule has 2 N–H and O–H groups in total. The molecule has 1 amide bonds. The van der Waals surface area contributed by atoms with Crippen LogP contribution < -0.4 is 19.6 Å². The summed E-state index contributed by atoms with van der Waals surface area (Å²) in [6.45, 7) is 0.0189. The number of hydrogen-bond donors (Lipinski definition) is 2. The lowest BCUT2D eigenvalue weighted by Gasteiger charge is -2.08. The first-order valence-corrected chi connectivity index (χ1v) is 9.44.